The van der Waals surface area contributed by atoms with Gasteiger partial charge in [-0.2, -0.15) is 4.98 Å². The van der Waals surface area contributed by atoms with Gasteiger partial charge in [0, 0.05) is 23.5 Å². The zero-order valence-corrected chi connectivity index (χ0v) is 16.2. The van der Waals surface area contributed by atoms with E-state index in [0.29, 0.717) is 18.4 Å². The molecule has 0 amide bonds. The van der Waals surface area contributed by atoms with E-state index in [1.54, 1.807) is 6.20 Å². The Labute approximate surface area is 160 Å². The van der Waals surface area contributed by atoms with E-state index in [9.17, 15) is 0 Å². The third kappa shape index (κ3) is 5.41. The number of rotatable bonds is 6. The average molecular weight is 363 g/mol. The SMILES string of the molecule is CCOc1ccc(Nc2cc(-c3ccccn3)nc(NC(C)(C)C)n2)cc1. The van der Waals surface area contributed by atoms with Crippen molar-refractivity contribution in [3.63, 3.8) is 0 Å². The van der Waals surface area contributed by atoms with Gasteiger partial charge in [0.15, 0.2) is 0 Å². The molecule has 0 fully saturated rings. The Morgan fingerprint density at radius 3 is 2.37 bits per heavy atom. The highest BCUT2D eigenvalue weighted by Gasteiger charge is 2.14. The van der Waals surface area contributed by atoms with Gasteiger partial charge >= 0.3 is 0 Å². The normalized spacial score (nSPS) is 11.1. The topological polar surface area (TPSA) is 72.0 Å². The number of ether oxygens (including phenoxy) is 1. The van der Waals surface area contributed by atoms with Crippen molar-refractivity contribution in [2.45, 2.75) is 33.2 Å². The second-order valence-corrected chi connectivity index (χ2v) is 7.13. The summed E-state index contributed by atoms with van der Waals surface area (Å²) in [7, 11) is 0. The molecular weight excluding hydrogens is 338 g/mol. The van der Waals surface area contributed by atoms with Crippen molar-refractivity contribution in [2.75, 3.05) is 17.2 Å². The van der Waals surface area contributed by atoms with E-state index in [4.69, 9.17) is 4.74 Å². The molecule has 0 saturated heterocycles. The molecule has 1 aromatic carbocycles. The molecule has 3 rings (SSSR count). The van der Waals surface area contributed by atoms with Gasteiger partial charge in [-0.25, -0.2) is 4.98 Å². The van der Waals surface area contributed by atoms with Crippen molar-refractivity contribution in [3.05, 3.63) is 54.7 Å². The predicted molar refractivity (Wildman–Crippen MR) is 110 cm³/mol. The fourth-order valence-corrected chi connectivity index (χ4v) is 2.50. The first-order valence-corrected chi connectivity index (χ1v) is 9.01. The lowest BCUT2D eigenvalue weighted by Crippen LogP contribution is -2.27. The molecule has 2 N–H and O–H groups in total. The molecule has 0 saturated carbocycles. The summed E-state index contributed by atoms with van der Waals surface area (Å²) in [5.41, 5.74) is 2.32. The zero-order chi connectivity index (χ0) is 19.3. The van der Waals surface area contributed by atoms with Gasteiger partial charge in [0.25, 0.3) is 0 Å². The lowest BCUT2D eigenvalue weighted by atomic mass is 10.1. The molecule has 3 aromatic rings. The number of pyridine rings is 1. The first-order valence-electron chi connectivity index (χ1n) is 9.01. The lowest BCUT2D eigenvalue weighted by molar-refractivity contribution is 0.340. The van der Waals surface area contributed by atoms with Crippen molar-refractivity contribution >= 4 is 17.5 Å². The van der Waals surface area contributed by atoms with Gasteiger partial charge in [-0.15, -0.1) is 0 Å². The van der Waals surface area contributed by atoms with Crippen LogP contribution in [0.4, 0.5) is 17.5 Å². The van der Waals surface area contributed by atoms with Crippen LogP contribution in [0.15, 0.2) is 54.7 Å². The molecule has 0 atom stereocenters. The molecule has 0 spiro atoms. The quantitative estimate of drug-likeness (QED) is 0.649. The van der Waals surface area contributed by atoms with Crippen LogP contribution in [0.3, 0.4) is 0 Å². The third-order valence-electron chi connectivity index (χ3n) is 3.58. The largest absolute Gasteiger partial charge is 0.494 e. The van der Waals surface area contributed by atoms with E-state index in [0.717, 1.165) is 22.8 Å². The van der Waals surface area contributed by atoms with E-state index in [1.165, 1.54) is 0 Å². The van der Waals surface area contributed by atoms with Crippen LogP contribution in [-0.2, 0) is 0 Å². The number of aromatic nitrogens is 3. The van der Waals surface area contributed by atoms with E-state index in [2.05, 4.69) is 46.4 Å². The van der Waals surface area contributed by atoms with Crippen LogP contribution in [0, 0.1) is 0 Å². The Kier molecular flexibility index (Phi) is 5.54. The monoisotopic (exact) mass is 363 g/mol. The molecule has 0 radical (unpaired) electrons. The molecule has 0 bridgehead atoms. The van der Waals surface area contributed by atoms with Crippen molar-refractivity contribution in [2.24, 2.45) is 0 Å². The van der Waals surface area contributed by atoms with Gasteiger partial charge in [0.05, 0.1) is 18.0 Å². The molecule has 0 aliphatic rings. The Morgan fingerprint density at radius 2 is 1.74 bits per heavy atom. The Hall–Kier alpha value is -3.15. The maximum atomic E-state index is 5.49. The van der Waals surface area contributed by atoms with Crippen molar-refractivity contribution in [3.8, 4) is 17.1 Å². The number of nitrogens with zero attached hydrogens (tertiary/aromatic N) is 3. The minimum absolute atomic E-state index is 0.154. The van der Waals surface area contributed by atoms with Gasteiger partial charge in [-0.3, -0.25) is 4.98 Å². The summed E-state index contributed by atoms with van der Waals surface area (Å²) in [6.45, 7) is 8.83. The van der Waals surface area contributed by atoms with Crippen LogP contribution in [0.5, 0.6) is 5.75 Å². The summed E-state index contributed by atoms with van der Waals surface area (Å²) in [5, 5.41) is 6.67. The van der Waals surface area contributed by atoms with Crippen molar-refractivity contribution in [1.29, 1.82) is 0 Å². The van der Waals surface area contributed by atoms with Gasteiger partial charge in [0.1, 0.15) is 11.6 Å². The zero-order valence-electron chi connectivity index (χ0n) is 16.2. The molecule has 0 aliphatic carbocycles. The predicted octanol–water partition coefficient (Wildman–Crippen LogP) is 4.89. The molecule has 2 heterocycles. The standard InChI is InChI=1S/C21H25N5O/c1-5-27-16-11-9-15(10-12-16)23-19-14-18(17-8-6-7-13-22-17)24-20(25-19)26-21(2,3)4/h6-14H,5H2,1-4H3,(H2,23,24,25,26). The van der Waals surface area contributed by atoms with Crippen LogP contribution in [0.25, 0.3) is 11.4 Å². The number of benzene rings is 1. The smallest absolute Gasteiger partial charge is 0.225 e. The Balaban J connectivity index is 1.92. The fourth-order valence-electron chi connectivity index (χ4n) is 2.50. The van der Waals surface area contributed by atoms with Crippen molar-refractivity contribution in [1.82, 2.24) is 15.0 Å². The van der Waals surface area contributed by atoms with Crippen LogP contribution in [0.1, 0.15) is 27.7 Å². The lowest BCUT2D eigenvalue weighted by Gasteiger charge is -2.21. The van der Waals surface area contributed by atoms with E-state index in [-0.39, 0.29) is 5.54 Å². The summed E-state index contributed by atoms with van der Waals surface area (Å²) in [4.78, 5) is 13.6. The molecule has 0 aliphatic heterocycles. The highest BCUT2D eigenvalue weighted by Crippen LogP contribution is 2.24. The fraction of sp³-hybridized carbons (Fsp3) is 0.286. The molecule has 6 heteroatoms. The second-order valence-electron chi connectivity index (χ2n) is 7.13. The van der Waals surface area contributed by atoms with E-state index < -0.39 is 0 Å². The summed E-state index contributed by atoms with van der Waals surface area (Å²) in [6.07, 6.45) is 1.76. The first kappa shape index (κ1) is 18.6. The van der Waals surface area contributed by atoms with Crippen molar-refractivity contribution < 1.29 is 4.74 Å². The molecule has 2 aromatic heterocycles. The first-order chi connectivity index (χ1) is 12.9. The highest BCUT2D eigenvalue weighted by molar-refractivity contribution is 5.65. The summed E-state index contributed by atoms with van der Waals surface area (Å²) >= 11 is 0. The number of nitrogens with one attached hydrogen (secondary N) is 2. The number of hydrogen-bond acceptors (Lipinski definition) is 6. The average Bonchev–Trinajstić information content (AvgIpc) is 2.63. The molecule has 27 heavy (non-hydrogen) atoms. The Bertz CT molecular complexity index is 873. The van der Waals surface area contributed by atoms with Crippen LogP contribution in [0.2, 0.25) is 0 Å². The number of hydrogen-bond donors (Lipinski definition) is 2. The van der Waals surface area contributed by atoms with Gasteiger partial charge < -0.3 is 15.4 Å². The maximum absolute atomic E-state index is 5.49. The molecule has 6 nitrogen and oxygen atoms in total. The molecular formula is C21H25N5O. The minimum atomic E-state index is -0.154. The minimum Gasteiger partial charge on any atom is -0.494 e. The second kappa shape index (κ2) is 8.03. The molecule has 0 unspecified atom stereocenters. The van der Waals surface area contributed by atoms with Crippen LogP contribution < -0.4 is 15.4 Å². The number of anilines is 3. The third-order valence-corrected chi connectivity index (χ3v) is 3.58. The van der Waals surface area contributed by atoms with Gasteiger partial charge in [-0.05, 0) is 64.1 Å². The van der Waals surface area contributed by atoms with Crippen LogP contribution in [-0.4, -0.2) is 27.1 Å². The summed E-state index contributed by atoms with van der Waals surface area (Å²) < 4.78 is 5.49. The van der Waals surface area contributed by atoms with E-state index >= 15 is 0 Å². The van der Waals surface area contributed by atoms with E-state index in [1.807, 2.05) is 55.5 Å². The van der Waals surface area contributed by atoms with Gasteiger partial charge in [-0.1, -0.05) is 6.07 Å². The highest BCUT2D eigenvalue weighted by atomic mass is 16.5. The summed E-state index contributed by atoms with van der Waals surface area (Å²) in [5.74, 6) is 2.09. The van der Waals surface area contributed by atoms with Gasteiger partial charge in [0.2, 0.25) is 5.95 Å². The maximum Gasteiger partial charge on any atom is 0.225 e. The summed E-state index contributed by atoms with van der Waals surface area (Å²) in [6, 6.07) is 15.5. The Morgan fingerprint density at radius 1 is 0.963 bits per heavy atom. The molecule has 140 valence electrons. The van der Waals surface area contributed by atoms with Crippen LogP contribution >= 0.6 is 0 Å².